The molecule has 0 saturated heterocycles. The number of carbonyl (C=O) groups is 1. The maximum absolute atomic E-state index is 13.3. The van der Waals surface area contributed by atoms with Gasteiger partial charge in [-0.2, -0.15) is 0 Å². The highest BCUT2D eigenvalue weighted by Crippen LogP contribution is 2.33. The third kappa shape index (κ3) is 4.42. The normalized spacial score (nSPS) is 11.8. The van der Waals surface area contributed by atoms with E-state index in [1.165, 1.54) is 26.8 Å². The van der Waals surface area contributed by atoms with Crippen LogP contribution in [0.4, 0.5) is 17.4 Å². The lowest BCUT2D eigenvalue weighted by molar-refractivity contribution is -0.671. The highest BCUT2D eigenvalue weighted by atomic mass is 32.2. The highest BCUT2D eigenvalue weighted by molar-refractivity contribution is 7.91. The molecule has 0 saturated carbocycles. The molecule has 0 atom stereocenters. The number of amides is 1. The molecule has 0 spiro atoms. The Morgan fingerprint density at radius 2 is 1.97 bits per heavy atom. The number of sulfone groups is 1. The second kappa shape index (κ2) is 8.70. The number of nitrogens with one attached hydrogen (secondary N) is 1. The van der Waals surface area contributed by atoms with E-state index in [1.807, 2.05) is 0 Å². The molecule has 3 aromatic rings. The van der Waals surface area contributed by atoms with Gasteiger partial charge in [0.2, 0.25) is 23.5 Å². The first-order valence-electron chi connectivity index (χ1n) is 9.38. The number of hydrogen-bond donors (Lipinski definition) is 2. The number of aryl methyl sites for hydroxylation is 1. The number of rotatable bonds is 6. The zero-order chi connectivity index (χ0) is 23.6. The van der Waals surface area contributed by atoms with Crippen LogP contribution in [0.1, 0.15) is 19.4 Å². The molecule has 2 N–H and O–H groups in total. The van der Waals surface area contributed by atoms with E-state index in [9.17, 15) is 23.1 Å². The molecule has 12 nitrogen and oxygen atoms in total. The molecular weight excluding hydrogens is 440 g/mol. The summed E-state index contributed by atoms with van der Waals surface area (Å²) in [6, 6.07) is 4.40. The van der Waals surface area contributed by atoms with Crippen LogP contribution in [0.3, 0.4) is 0 Å². The van der Waals surface area contributed by atoms with Gasteiger partial charge in [-0.1, -0.05) is 12.1 Å². The van der Waals surface area contributed by atoms with Crippen molar-refractivity contribution in [2.24, 2.45) is 17.3 Å². The van der Waals surface area contributed by atoms with Gasteiger partial charge in [0.15, 0.2) is 27.9 Å². The summed E-state index contributed by atoms with van der Waals surface area (Å²) in [5.74, 6) is -1.34. The minimum absolute atomic E-state index is 0.00399. The van der Waals surface area contributed by atoms with Crippen LogP contribution < -0.4 is 15.4 Å². The molecule has 1 amide bonds. The van der Waals surface area contributed by atoms with E-state index in [4.69, 9.17) is 4.52 Å². The molecule has 0 radical (unpaired) electrons. The van der Waals surface area contributed by atoms with Crippen LogP contribution >= 0.6 is 0 Å². The van der Waals surface area contributed by atoms with Crippen molar-refractivity contribution in [3.63, 3.8) is 0 Å². The first-order valence-corrected chi connectivity index (χ1v) is 11.0. The van der Waals surface area contributed by atoms with E-state index in [0.29, 0.717) is 5.69 Å². The fraction of sp³-hybridized carbons (Fsp3) is 0.263. The molecular formula is C19H21N6O6S+. The number of hydrogen-bond acceptors (Lipinski definition) is 9. The first kappa shape index (κ1) is 22.8. The van der Waals surface area contributed by atoms with E-state index in [0.717, 1.165) is 4.57 Å². The Bertz CT molecular complexity index is 1370. The van der Waals surface area contributed by atoms with Crippen LogP contribution in [-0.4, -0.2) is 34.9 Å². The van der Waals surface area contributed by atoms with Crippen molar-refractivity contribution in [2.75, 3.05) is 11.1 Å². The van der Waals surface area contributed by atoms with Gasteiger partial charge < -0.3 is 9.63 Å². The number of anilines is 1. The molecule has 0 aliphatic heterocycles. The molecule has 0 fully saturated rings. The highest BCUT2D eigenvalue weighted by Gasteiger charge is 2.28. The Hall–Kier alpha value is -3.87. The quantitative estimate of drug-likeness (QED) is 0.418. The van der Waals surface area contributed by atoms with E-state index >= 15 is 0 Å². The molecule has 0 aromatic carbocycles. The molecule has 0 unspecified atom stereocenters. The van der Waals surface area contributed by atoms with Gasteiger partial charge in [-0.15, -0.1) is 10.2 Å². The van der Waals surface area contributed by atoms with Gasteiger partial charge in [0.05, 0.1) is 17.5 Å². The zero-order valence-corrected chi connectivity index (χ0v) is 18.5. The van der Waals surface area contributed by atoms with Crippen LogP contribution in [0.25, 0.3) is 5.69 Å². The molecule has 0 bridgehead atoms. The van der Waals surface area contributed by atoms with Crippen molar-refractivity contribution < 1.29 is 27.4 Å². The summed E-state index contributed by atoms with van der Waals surface area (Å²) in [5, 5.41) is 24.3. The Balaban J connectivity index is 2.24. The van der Waals surface area contributed by atoms with Crippen LogP contribution in [0, 0.1) is 6.92 Å². The molecule has 3 rings (SSSR count). The number of aromatic nitrogens is 3. The topological polar surface area (TPSA) is 160 Å². The number of carbonyl (C=O) groups excluding carboxylic acids is 1. The third-order valence-corrected chi connectivity index (χ3v) is 6.35. The lowest BCUT2D eigenvalue weighted by Crippen LogP contribution is -2.28. The Morgan fingerprint density at radius 3 is 2.56 bits per heavy atom. The monoisotopic (exact) mass is 461 g/mol. The van der Waals surface area contributed by atoms with Gasteiger partial charge in [0.1, 0.15) is 11.9 Å². The Kier molecular flexibility index (Phi) is 6.20. The van der Waals surface area contributed by atoms with E-state index in [2.05, 4.69) is 20.7 Å². The van der Waals surface area contributed by atoms with Gasteiger partial charge in [-0.05, 0) is 6.92 Å². The summed E-state index contributed by atoms with van der Waals surface area (Å²) >= 11 is 0. The molecule has 0 aliphatic rings. The van der Waals surface area contributed by atoms with Crippen LogP contribution in [-0.2, 0) is 21.7 Å². The first-order chi connectivity index (χ1) is 15.0. The second-order valence-electron chi connectivity index (χ2n) is 6.82. The standard InChI is InChI=1S/C19H20N6O6S/c1-5-32(29,30)17-11(2)18(27)25(13-6-8-24(4)9-7-13)19(28)16(17)22-21-14-10-15(31-23-14)20-12(3)26/h6-10H,5H2,1-4H3,(H-,20,21,23,26,27,28)/p+1. The van der Waals surface area contributed by atoms with Crippen molar-refractivity contribution in [3.8, 4) is 11.6 Å². The number of pyridine rings is 2. The average Bonchev–Trinajstić information content (AvgIpc) is 3.17. The maximum atomic E-state index is 13.3. The third-order valence-electron chi connectivity index (χ3n) is 4.47. The molecule has 168 valence electrons. The van der Waals surface area contributed by atoms with Crippen molar-refractivity contribution in [1.29, 1.82) is 0 Å². The van der Waals surface area contributed by atoms with Crippen LogP contribution in [0.5, 0.6) is 5.88 Å². The summed E-state index contributed by atoms with van der Waals surface area (Å²) in [5.41, 5.74) is -1.12. The molecule has 13 heteroatoms. The maximum Gasteiger partial charge on any atom is 0.287 e. The summed E-state index contributed by atoms with van der Waals surface area (Å²) < 4.78 is 33.0. The largest absolute Gasteiger partial charge is 0.494 e. The van der Waals surface area contributed by atoms with Crippen LogP contribution in [0.15, 0.2) is 55.0 Å². The number of azo groups is 1. The van der Waals surface area contributed by atoms with Crippen LogP contribution in [0.2, 0.25) is 0 Å². The summed E-state index contributed by atoms with van der Waals surface area (Å²) in [4.78, 5) is 23.9. The minimum Gasteiger partial charge on any atom is -0.494 e. The van der Waals surface area contributed by atoms with Crippen molar-refractivity contribution in [2.45, 2.75) is 25.7 Å². The molecule has 0 aliphatic carbocycles. The number of aromatic hydroxyl groups is 1. The van der Waals surface area contributed by atoms with Gasteiger partial charge in [-0.3, -0.25) is 14.9 Å². The van der Waals surface area contributed by atoms with E-state index < -0.39 is 37.8 Å². The minimum atomic E-state index is -3.96. The van der Waals surface area contributed by atoms with Gasteiger partial charge >= 0.3 is 0 Å². The fourth-order valence-corrected chi connectivity index (χ4v) is 4.16. The smallest absolute Gasteiger partial charge is 0.287 e. The van der Waals surface area contributed by atoms with E-state index in [-0.39, 0.29) is 23.0 Å². The molecule has 32 heavy (non-hydrogen) atoms. The fourth-order valence-electron chi connectivity index (χ4n) is 2.89. The second-order valence-corrected chi connectivity index (χ2v) is 9.04. The lowest BCUT2D eigenvalue weighted by atomic mass is 10.2. The SMILES string of the molecule is CCS(=O)(=O)c1c(C)c(O)n(-c2cc[n+](C)cc2)c(=O)c1N=Nc1cc(NC(C)=O)on1. The van der Waals surface area contributed by atoms with Gasteiger partial charge in [0, 0.05) is 24.6 Å². The molecule has 3 aromatic heterocycles. The zero-order valence-electron chi connectivity index (χ0n) is 17.7. The predicted octanol–water partition coefficient (Wildman–Crippen LogP) is 1.83. The summed E-state index contributed by atoms with van der Waals surface area (Å²) in [6.45, 7) is 4.06. The molecule has 3 heterocycles. The summed E-state index contributed by atoms with van der Waals surface area (Å²) in [7, 11) is -2.18. The van der Waals surface area contributed by atoms with Crippen molar-refractivity contribution in [3.05, 3.63) is 46.5 Å². The predicted molar refractivity (Wildman–Crippen MR) is 112 cm³/mol. The Morgan fingerprint density at radius 1 is 1.31 bits per heavy atom. The van der Waals surface area contributed by atoms with Gasteiger partial charge in [-0.25, -0.2) is 17.6 Å². The van der Waals surface area contributed by atoms with Crippen molar-refractivity contribution >= 4 is 33.1 Å². The van der Waals surface area contributed by atoms with Gasteiger partial charge in [0.25, 0.3) is 5.56 Å². The van der Waals surface area contributed by atoms with E-state index in [1.54, 1.807) is 36.1 Å². The number of nitrogens with zero attached hydrogens (tertiary/aromatic N) is 5. The average molecular weight is 461 g/mol. The Labute approximate surface area is 182 Å². The van der Waals surface area contributed by atoms with Crippen molar-refractivity contribution in [1.82, 2.24) is 9.72 Å². The summed E-state index contributed by atoms with van der Waals surface area (Å²) in [6.07, 6.45) is 3.32. The lowest BCUT2D eigenvalue weighted by Gasteiger charge is -2.15.